The van der Waals surface area contributed by atoms with Crippen molar-refractivity contribution in [3.8, 4) is 0 Å². The molecule has 1 heterocycles. The van der Waals surface area contributed by atoms with Gasteiger partial charge in [-0.1, -0.05) is 35.4 Å². The first-order chi connectivity index (χ1) is 5.58. The van der Waals surface area contributed by atoms with E-state index in [-0.39, 0.29) is 8.41 Å². The summed E-state index contributed by atoms with van der Waals surface area (Å²) in [7, 11) is 0.845. The molecule has 0 fully saturated rings. The van der Waals surface area contributed by atoms with E-state index in [1.807, 2.05) is 12.3 Å². The van der Waals surface area contributed by atoms with Crippen LogP contribution in [-0.4, -0.2) is 19.6 Å². The van der Waals surface area contributed by atoms with Crippen LogP contribution in [0.2, 0.25) is 0 Å². The number of aromatic nitrogens is 1. The fraction of sp³-hybridized carbons (Fsp3) is 0.500. The number of rotatable bonds is 2. The van der Waals surface area contributed by atoms with Crippen molar-refractivity contribution in [2.45, 2.75) is 20.8 Å². The van der Waals surface area contributed by atoms with Crippen LogP contribution in [0, 0.1) is 5.41 Å². The molecule has 0 saturated carbocycles. The molecule has 0 bridgehead atoms. The lowest BCUT2D eigenvalue weighted by Gasteiger charge is -2.16. The predicted molar refractivity (Wildman–Crippen MR) is 62.3 cm³/mol. The summed E-state index contributed by atoms with van der Waals surface area (Å²) in [5.74, 6) is 0. The SMILES string of the molecule is CC(C)(C)CPc1ccccn1.[B]. The van der Waals surface area contributed by atoms with Crippen molar-refractivity contribution in [1.82, 2.24) is 4.98 Å². The zero-order valence-electron chi connectivity index (χ0n) is 8.54. The first-order valence-electron chi connectivity index (χ1n) is 4.23. The Labute approximate surface area is 84.7 Å². The summed E-state index contributed by atoms with van der Waals surface area (Å²) < 4.78 is 0. The Bertz CT molecular complexity index is 230. The molecule has 1 rings (SSSR count). The van der Waals surface area contributed by atoms with E-state index in [1.54, 1.807) is 0 Å². The Kier molecular flexibility index (Phi) is 5.24. The van der Waals surface area contributed by atoms with Crippen LogP contribution in [-0.2, 0) is 0 Å². The van der Waals surface area contributed by atoms with Crippen LogP contribution in [0.5, 0.6) is 0 Å². The molecule has 13 heavy (non-hydrogen) atoms. The minimum absolute atomic E-state index is 0. The normalized spacial score (nSPS) is 11.6. The number of nitrogens with zero attached hydrogens (tertiary/aromatic N) is 1. The highest BCUT2D eigenvalue weighted by atomic mass is 31.1. The van der Waals surface area contributed by atoms with Crippen LogP contribution in [0.25, 0.3) is 0 Å². The molecule has 3 radical (unpaired) electrons. The molecule has 1 aromatic heterocycles. The maximum absolute atomic E-state index is 4.29. The van der Waals surface area contributed by atoms with Gasteiger partial charge >= 0.3 is 0 Å². The molecule has 0 aromatic carbocycles. The molecule has 1 unspecified atom stereocenters. The van der Waals surface area contributed by atoms with Crippen molar-refractivity contribution in [2.24, 2.45) is 5.41 Å². The monoisotopic (exact) mass is 192 g/mol. The third kappa shape index (κ3) is 5.82. The van der Waals surface area contributed by atoms with E-state index in [2.05, 4.69) is 37.9 Å². The number of pyridine rings is 1. The summed E-state index contributed by atoms with van der Waals surface area (Å²) in [5.41, 5.74) is 1.66. The Morgan fingerprint density at radius 3 is 2.46 bits per heavy atom. The maximum Gasteiger partial charge on any atom is 0.0600 e. The van der Waals surface area contributed by atoms with Crippen LogP contribution in [0.3, 0.4) is 0 Å². The second-order valence-corrected chi connectivity index (χ2v) is 5.35. The number of hydrogen-bond acceptors (Lipinski definition) is 1. The van der Waals surface area contributed by atoms with Crippen LogP contribution >= 0.6 is 8.58 Å². The van der Waals surface area contributed by atoms with Crippen molar-refractivity contribution >= 4 is 22.4 Å². The molecular formula is C10H16BNP. The molecule has 1 nitrogen and oxygen atoms in total. The Balaban J connectivity index is 0.00000144. The Hall–Kier alpha value is -0.355. The van der Waals surface area contributed by atoms with Gasteiger partial charge in [-0.05, 0) is 23.7 Å². The average molecular weight is 192 g/mol. The topological polar surface area (TPSA) is 12.9 Å². The molecule has 1 atom stereocenters. The highest BCUT2D eigenvalue weighted by Crippen LogP contribution is 2.23. The van der Waals surface area contributed by atoms with Gasteiger partial charge in [-0.25, -0.2) is 0 Å². The van der Waals surface area contributed by atoms with E-state index in [9.17, 15) is 0 Å². The summed E-state index contributed by atoms with van der Waals surface area (Å²) in [6, 6.07) is 6.12. The molecule has 3 heteroatoms. The summed E-state index contributed by atoms with van der Waals surface area (Å²) >= 11 is 0. The largest absolute Gasteiger partial charge is 0.257 e. The molecule has 0 aliphatic rings. The predicted octanol–water partition coefficient (Wildman–Crippen LogP) is 2.05. The van der Waals surface area contributed by atoms with Gasteiger partial charge in [0.15, 0.2) is 0 Å². The molecule has 0 N–H and O–H groups in total. The fourth-order valence-electron chi connectivity index (χ4n) is 0.823. The standard InChI is InChI=1S/C10H16NP.B/c1-10(2,3)8-12-9-6-4-5-7-11-9;/h4-7,12H,8H2,1-3H3;. The van der Waals surface area contributed by atoms with E-state index >= 15 is 0 Å². The first-order valence-corrected chi connectivity index (χ1v) is 5.43. The zero-order chi connectivity index (χ0) is 9.03. The maximum atomic E-state index is 4.29. The van der Waals surface area contributed by atoms with Gasteiger partial charge in [-0.2, -0.15) is 0 Å². The highest BCUT2D eigenvalue weighted by Gasteiger charge is 2.09. The van der Waals surface area contributed by atoms with Crippen LogP contribution < -0.4 is 5.44 Å². The van der Waals surface area contributed by atoms with E-state index < -0.39 is 0 Å². The van der Waals surface area contributed by atoms with Gasteiger partial charge in [0.2, 0.25) is 0 Å². The van der Waals surface area contributed by atoms with Crippen LogP contribution in [0.1, 0.15) is 20.8 Å². The molecule has 0 saturated heterocycles. The Morgan fingerprint density at radius 1 is 1.31 bits per heavy atom. The van der Waals surface area contributed by atoms with Gasteiger partial charge in [0.25, 0.3) is 0 Å². The van der Waals surface area contributed by atoms with E-state index in [0.717, 1.165) is 8.58 Å². The van der Waals surface area contributed by atoms with E-state index in [4.69, 9.17) is 0 Å². The lowest BCUT2D eigenvalue weighted by molar-refractivity contribution is 0.479. The van der Waals surface area contributed by atoms with Gasteiger partial charge in [0.1, 0.15) is 0 Å². The molecule has 0 aliphatic heterocycles. The first kappa shape index (κ1) is 12.6. The lowest BCUT2D eigenvalue weighted by Crippen LogP contribution is -2.11. The minimum Gasteiger partial charge on any atom is -0.257 e. The number of hydrogen-bond donors (Lipinski definition) is 0. The highest BCUT2D eigenvalue weighted by molar-refractivity contribution is 7.46. The molecule has 0 aliphatic carbocycles. The molecular weight excluding hydrogens is 176 g/mol. The molecule has 0 spiro atoms. The van der Waals surface area contributed by atoms with Crippen molar-refractivity contribution in [3.05, 3.63) is 24.4 Å². The molecule has 0 amide bonds. The second-order valence-electron chi connectivity index (χ2n) is 4.13. The van der Waals surface area contributed by atoms with Crippen molar-refractivity contribution < 1.29 is 0 Å². The van der Waals surface area contributed by atoms with Gasteiger partial charge in [-0.15, -0.1) is 0 Å². The molecule has 69 valence electrons. The second kappa shape index (κ2) is 5.39. The summed E-state index contributed by atoms with van der Waals surface area (Å²) in [5, 5.41) is 0. The van der Waals surface area contributed by atoms with Gasteiger partial charge in [-0.3, -0.25) is 4.98 Å². The zero-order valence-corrected chi connectivity index (χ0v) is 9.54. The van der Waals surface area contributed by atoms with Crippen LogP contribution in [0.15, 0.2) is 24.4 Å². The fourth-order valence-corrected chi connectivity index (χ4v) is 1.91. The summed E-state index contributed by atoms with van der Waals surface area (Å²) in [6.07, 6.45) is 3.09. The third-order valence-electron chi connectivity index (χ3n) is 1.46. The van der Waals surface area contributed by atoms with Gasteiger partial charge in [0.05, 0.1) is 5.44 Å². The lowest BCUT2D eigenvalue weighted by atomic mass is 10.0. The average Bonchev–Trinajstić information content (AvgIpc) is 2.02. The summed E-state index contributed by atoms with van der Waals surface area (Å²) in [6.45, 7) is 6.80. The van der Waals surface area contributed by atoms with Crippen molar-refractivity contribution in [2.75, 3.05) is 6.16 Å². The molecule has 1 aromatic rings. The van der Waals surface area contributed by atoms with Crippen LogP contribution in [0.4, 0.5) is 0 Å². The van der Waals surface area contributed by atoms with Crippen molar-refractivity contribution in [3.63, 3.8) is 0 Å². The van der Waals surface area contributed by atoms with Crippen molar-refractivity contribution in [1.29, 1.82) is 0 Å². The quantitative estimate of drug-likeness (QED) is 0.516. The third-order valence-corrected chi connectivity index (χ3v) is 3.36. The van der Waals surface area contributed by atoms with Gasteiger partial charge < -0.3 is 0 Å². The Morgan fingerprint density at radius 2 is 2.00 bits per heavy atom. The van der Waals surface area contributed by atoms with E-state index in [1.165, 1.54) is 11.6 Å². The summed E-state index contributed by atoms with van der Waals surface area (Å²) in [4.78, 5) is 4.29. The smallest absolute Gasteiger partial charge is 0.0600 e. The minimum atomic E-state index is 0. The van der Waals surface area contributed by atoms with Gasteiger partial charge in [0, 0.05) is 14.6 Å². The van der Waals surface area contributed by atoms with E-state index in [0.29, 0.717) is 5.41 Å².